The third-order valence-electron chi connectivity index (χ3n) is 3.92. The van der Waals surface area contributed by atoms with Gasteiger partial charge in [0.1, 0.15) is 0 Å². The Bertz CT molecular complexity index is 466. The van der Waals surface area contributed by atoms with Gasteiger partial charge in [0.05, 0.1) is 12.0 Å². The SMILES string of the molecule is OC(CCN1CCCC(C(F)(F)F)C1)c1cccc(Br)c1. The second kappa shape index (κ2) is 7.11. The highest BCUT2D eigenvalue weighted by atomic mass is 79.9. The highest BCUT2D eigenvalue weighted by molar-refractivity contribution is 9.10. The Morgan fingerprint density at radius 3 is 2.81 bits per heavy atom. The van der Waals surface area contributed by atoms with E-state index in [1.54, 1.807) is 0 Å². The van der Waals surface area contributed by atoms with Crippen LogP contribution in [0.2, 0.25) is 0 Å². The van der Waals surface area contributed by atoms with Gasteiger partial charge < -0.3 is 10.0 Å². The fraction of sp³-hybridized carbons (Fsp3) is 0.600. The first kappa shape index (κ1) is 16.8. The van der Waals surface area contributed by atoms with E-state index in [0.29, 0.717) is 25.9 Å². The number of hydrogen-bond acceptors (Lipinski definition) is 2. The Balaban J connectivity index is 1.85. The van der Waals surface area contributed by atoms with Crippen LogP contribution in [0, 0.1) is 5.92 Å². The van der Waals surface area contributed by atoms with Crippen molar-refractivity contribution in [3.05, 3.63) is 34.3 Å². The molecule has 2 unspecified atom stereocenters. The van der Waals surface area contributed by atoms with Crippen LogP contribution in [-0.4, -0.2) is 35.8 Å². The molecule has 0 amide bonds. The van der Waals surface area contributed by atoms with Crippen LogP contribution >= 0.6 is 15.9 Å². The summed E-state index contributed by atoms with van der Waals surface area (Å²) >= 11 is 3.34. The zero-order valence-electron chi connectivity index (χ0n) is 11.6. The molecule has 1 aromatic carbocycles. The van der Waals surface area contributed by atoms with Crippen LogP contribution in [0.5, 0.6) is 0 Å². The number of nitrogens with zero attached hydrogens (tertiary/aromatic N) is 1. The highest BCUT2D eigenvalue weighted by Gasteiger charge is 2.41. The van der Waals surface area contributed by atoms with Crippen LogP contribution in [0.1, 0.15) is 30.9 Å². The summed E-state index contributed by atoms with van der Waals surface area (Å²) in [6, 6.07) is 7.36. The summed E-state index contributed by atoms with van der Waals surface area (Å²) in [5, 5.41) is 10.1. The number of halogens is 4. The zero-order valence-corrected chi connectivity index (χ0v) is 13.2. The maximum Gasteiger partial charge on any atom is 0.393 e. The van der Waals surface area contributed by atoms with Crippen LogP contribution < -0.4 is 0 Å². The summed E-state index contributed by atoms with van der Waals surface area (Å²) < 4.78 is 39.1. The number of piperidine rings is 1. The molecule has 21 heavy (non-hydrogen) atoms. The molecule has 0 saturated carbocycles. The second-order valence-electron chi connectivity index (χ2n) is 5.54. The fourth-order valence-corrected chi connectivity index (χ4v) is 3.13. The average Bonchev–Trinajstić information content (AvgIpc) is 2.44. The molecule has 1 aromatic rings. The molecule has 6 heteroatoms. The number of rotatable bonds is 4. The average molecular weight is 366 g/mol. The van der Waals surface area contributed by atoms with E-state index < -0.39 is 18.2 Å². The van der Waals surface area contributed by atoms with Crippen molar-refractivity contribution in [2.45, 2.75) is 31.5 Å². The molecule has 1 saturated heterocycles. The van der Waals surface area contributed by atoms with Gasteiger partial charge in [0.15, 0.2) is 0 Å². The number of hydrogen-bond donors (Lipinski definition) is 1. The van der Waals surface area contributed by atoms with E-state index in [1.165, 1.54) is 0 Å². The van der Waals surface area contributed by atoms with E-state index >= 15 is 0 Å². The fourth-order valence-electron chi connectivity index (χ4n) is 2.71. The number of aliphatic hydroxyl groups is 1. The maximum absolute atomic E-state index is 12.7. The number of aliphatic hydroxyl groups excluding tert-OH is 1. The molecular formula is C15H19BrF3NO. The summed E-state index contributed by atoms with van der Waals surface area (Å²) in [5.41, 5.74) is 0.786. The van der Waals surface area contributed by atoms with Crippen molar-refractivity contribution in [1.29, 1.82) is 0 Å². The minimum Gasteiger partial charge on any atom is -0.388 e. The minimum atomic E-state index is -4.11. The van der Waals surface area contributed by atoms with E-state index in [0.717, 1.165) is 10.0 Å². The molecule has 1 N–H and O–H groups in total. The Labute approximate surface area is 131 Å². The van der Waals surface area contributed by atoms with Crippen molar-refractivity contribution in [2.75, 3.05) is 19.6 Å². The van der Waals surface area contributed by atoms with Gasteiger partial charge in [-0.05, 0) is 43.5 Å². The van der Waals surface area contributed by atoms with Crippen molar-refractivity contribution in [1.82, 2.24) is 4.90 Å². The first-order chi connectivity index (χ1) is 9.86. The van der Waals surface area contributed by atoms with Gasteiger partial charge in [-0.1, -0.05) is 28.1 Å². The highest BCUT2D eigenvalue weighted by Crippen LogP contribution is 2.33. The third kappa shape index (κ3) is 4.97. The standard InChI is InChI=1S/C15H19BrF3NO/c16-13-5-1-3-11(9-13)14(21)6-8-20-7-2-4-12(10-20)15(17,18)19/h1,3,5,9,12,14,21H,2,4,6-8,10H2. The summed E-state index contributed by atoms with van der Waals surface area (Å²) in [4.78, 5) is 1.81. The van der Waals surface area contributed by atoms with E-state index in [9.17, 15) is 18.3 Å². The van der Waals surface area contributed by atoms with Gasteiger partial charge in [-0.2, -0.15) is 13.2 Å². The Kier molecular flexibility index (Phi) is 5.68. The molecule has 0 spiro atoms. The molecule has 0 aromatic heterocycles. The molecule has 0 aliphatic carbocycles. The molecule has 2 atom stereocenters. The molecule has 0 radical (unpaired) electrons. The van der Waals surface area contributed by atoms with Crippen molar-refractivity contribution < 1.29 is 18.3 Å². The number of likely N-dealkylation sites (tertiary alicyclic amines) is 1. The number of benzene rings is 1. The van der Waals surface area contributed by atoms with Gasteiger partial charge in [-0.25, -0.2) is 0 Å². The third-order valence-corrected chi connectivity index (χ3v) is 4.41. The second-order valence-corrected chi connectivity index (χ2v) is 6.46. The summed E-state index contributed by atoms with van der Waals surface area (Å²) in [7, 11) is 0. The first-order valence-corrected chi connectivity index (χ1v) is 7.88. The minimum absolute atomic E-state index is 0.0503. The molecular weight excluding hydrogens is 347 g/mol. The zero-order chi connectivity index (χ0) is 15.5. The van der Waals surface area contributed by atoms with Crippen molar-refractivity contribution in [3.63, 3.8) is 0 Å². The summed E-state index contributed by atoms with van der Waals surface area (Å²) in [5.74, 6) is -1.23. The predicted molar refractivity (Wildman–Crippen MR) is 78.9 cm³/mol. The van der Waals surface area contributed by atoms with Crippen LogP contribution in [0.3, 0.4) is 0 Å². The number of alkyl halides is 3. The van der Waals surface area contributed by atoms with E-state index in [-0.39, 0.29) is 13.0 Å². The molecule has 0 bridgehead atoms. The molecule has 1 fully saturated rings. The van der Waals surface area contributed by atoms with E-state index in [2.05, 4.69) is 15.9 Å². The topological polar surface area (TPSA) is 23.5 Å². The molecule has 1 aliphatic heterocycles. The van der Waals surface area contributed by atoms with Gasteiger partial charge in [-0.3, -0.25) is 0 Å². The maximum atomic E-state index is 12.7. The van der Waals surface area contributed by atoms with Crippen LogP contribution in [0.4, 0.5) is 13.2 Å². The van der Waals surface area contributed by atoms with Crippen LogP contribution in [0.25, 0.3) is 0 Å². The summed E-state index contributed by atoms with van der Waals surface area (Å²) in [6.07, 6.45) is -3.53. The summed E-state index contributed by atoms with van der Waals surface area (Å²) in [6.45, 7) is 1.22. The van der Waals surface area contributed by atoms with Crippen molar-refractivity contribution in [2.24, 2.45) is 5.92 Å². The molecule has 2 nitrogen and oxygen atoms in total. The molecule has 2 rings (SSSR count). The first-order valence-electron chi connectivity index (χ1n) is 7.09. The van der Waals surface area contributed by atoms with Crippen LogP contribution in [0.15, 0.2) is 28.7 Å². The van der Waals surface area contributed by atoms with Crippen molar-refractivity contribution >= 4 is 15.9 Å². The normalized spacial score (nSPS) is 22.2. The predicted octanol–water partition coefficient (Wildman–Crippen LogP) is 4.15. The van der Waals surface area contributed by atoms with Crippen LogP contribution in [-0.2, 0) is 0 Å². The van der Waals surface area contributed by atoms with E-state index in [1.807, 2.05) is 29.2 Å². The largest absolute Gasteiger partial charge is 0.393 e. The Morgan fingerprint density at radius 1 is 1.38 bits per heavy atom. The van der Waals surface area contributed by atoms with Gasteiger partial charge in [0.2, 0.25) is 0 Å². The lowest BCUT2D eigenvalue weighted by Gasteiger charge is -2.34. The van der Waals surface area contributed by atoms with Gasteiger partial charge >= 0.3 is 6.18 Å². The smallest absolute Gasteiger partial charge is 0.388 e. The van der Waals surface area contributed by atoms with Gasteiger partial charge in [0.25, 0.3) is 0 Å². The van der Waals surface area contributed by atoms with E-state index in [4.69, 9.17) is 0 Å². The van der Waals surface area contributed by atoms with Crippen molar-refractivity contribution in [3.8, 4) is 0 Å². The van der Waals surface area contributed by atoms with Gasteiger partial charge in [-0.15, -0.1) is 0 Å². The lowest BCUT2D eigenvalue weighted by atomic mass is 9.97. The lowest BCUT2D eigenvalue weighted by molar-refractivity contribution is -0.186. The lowest BCUT2D eigenvalue weighted by Crippen LogP contribution is -2.42. The monoisotopic (exact) mass is 365 g/mol. The van der Waals surface area contributed by atoms with Gasteiger partial charge in [0, 0.05) is 17.6 Å². The molecule has 1 heterocycles. The Hall–Kier alpha value is -0.590. The quantitative estimate of drug-likeness (QED) is 0.866. The molecule has 1 aliphatic rings. The Morgan fingerprint density at radius 2 is 2.14 bits per heavy atom. The molecule has 118 valence electrons.